The zero-order chi connectivity index (χ0) is 10.2. The summed E-state index contributed by atoms with van der Waals surface area (Å²) < 4.78 is 0. The lowest BCUT2D eigenvalue weighted by atomic mass is 10.2. The fraction of sp³-hybridized carbons (Fsp3) is 0.455. The standard InChI is InChI=1S/C11H17N3/c1-2-3-4-5-6-7-10-8-14-11(12)9-13-10/h6-9H,2-5H2,1H3,(H2,12,14)/b7-6+. The van der Waals surface area contributed by atoms with Gasteiger partial charge in [0, 0.05) is 0 Å². The summed E-state index contributed by atoms with van der Waals surface area (Å²) in [5, 5.41) is 0. The molecule has 0 saturated carbocycles. The molecule has 0 aliphatic rings. The van der Waals surface area contributed by atoms with Crippen LogP contribution >= 0.6 is 0 Å². The number of aromatic nitrogens is 2. The molecule has 0 aliphatic heterocycles. The summed E-state index contributed by atoms with van der Waals surface area (Å²) in [6.45, 7) is 2.20. The van der Waals surface area contributed by atoms with Gasteiger partial charge in [0.2, 0.25) is 0 Å². The summed E-state index contributed by atoms with van der Waals surface area (Å²) in [6.07, 6.45) is 12.3. The number of nitrogens with two attached hydrogens (primary N) is 1. The molecule has 1 heterocycles. The molecule has 14 heavy (non-hydrogen) atoms. The summed E-state index contributed by atoms with van der Waals surface area (Å²) in [4.78, 5) is 8.08. The number of rotatable bonds is 5. The number of anilines is 1. The van der Waals surface area contributed by atoms with Crippen LogP contribution in [0, 0.1) is 0 Å². The monoisotopic (exact) mass is 191 g/mol. The van der Waals surface area contributed by atoms with Crippen LogP contribution in [0.3, 0.4) is 0 Å². The molecule has 0 aromatic carbocycles. The highest BCUT2D eigenvalue weighted by Gasteiger charge is 1.88. The van der Waals surface area contributed by atoms with Gasteiger partial charge in [-0.05, 0) is 18.9 Å². The van der Waals surface area contributed by atoms with Crippen LogP contribution in [0.2, 0.25) is 0 Å². The van der Waals surface area contributed by atoms with E-state index in [9.17, 15) is 0 Å². The van der Waals surface area contributed by atoms with Crippen molar-refractivity contribution in [2.75, 3.05) is 5.73 Å². The molecule has 0 aliphatic carbocycles. The van der Waals surface area contributed by atoms with E-state index in [1.807, 2.05) is 6.08 Å². The van der Waals surface area contributed by atoms with Gasteiger partial charge in [0.25, 0.3) is 0 Å². The van der Waals surface area contributed by atoms with E-state index in [1.54, 1.807) is 12.4 Å². The van der Waals surface area contributed by atoms with Crippen LogP contribution in [-0.4, -0.2) is 9.97 Å². The largest absolute Gasteiger partial charge is 0.382 e. The minimum atomic E-state index is 0.466. The molecule has 76 valence electrons. The van der Waals surface area contributed by atoms with Crippen LogP contribution in [0.1, 0.15) is 38.3 Å². The van der Waals surface area contributed by atoms with Crippen molar-refractivity contribution in [2.24, 2.45) is 0 Å². The lowest BCUT2D eigenvalue weighted by Gasteiger charge is -1.94. The Labute approximate surface area is 85.1 Å². The Morgan fingerprint density at radius 3 is 2.79 bits per heavy atom. The van der Waals surface area contributed by atoms with Crippen molar-refractivity contribution in [1.29, 1.82) is 0 Å². The highest BCUT2D eigenvalue weighted by atomic mass is 14.9. The van der Waals surface area contributed by atoms with Crippen molar-refractivity contribution in [3.63, 3.8) is 0 Å². The van der Waals surface area contributed by atoms with Gasteiger partial charge in [-0.2, -0.15) is 0 Å². The van der Waals surface area contributed by atoms with Gasteiger partial charge < -0.3 is 5.73 Å². The maximum atomic E-state index is 5.42. The molecule has 0 fully saturated rings. The maximum absolute atomic E-state index is 5.42. The summed E-state index contributed by atoms with van der Waals surface area (Å²) >= 11 is 0. The average molecular weight is 191 g/mol. The molecule has 3 nitrogen and oxygen atoms in total. The highest BCUT2D eigenvalue weighted by Crippen LogP contribution is 2.03. The van der Waals surface area contributed by atoms with E-state index in [-0.39, 0.29) is 0 Å². The van der Waals surface area contributed by atoms with Gasteiger partial charge in [-0.15, -0.1) is 0 Å². The van der Waals surface area contributed by atoms with Crippen LogP contribution in [0.15, 0.2) is 18.5 Å². The molecular formula is C11H17N3. The topological polar surface area (TPSA) is 51.8 Å². The van der Waals surface area contributed by atoms with Crippen LogP contribution in [0.25, 0.3) is 6.08 Å². The molecule has 0 atom stereocenters. The Kier molecular flexibility index (Phi) is 4.69. The number of hydrogen-bond acceptors (Lipinski definition) is 3. The van der Waals surface area contributed by atoms with E-state index in [0.717, 1.165) is 12.1 Å². The van der Waals surface area contributed by atoms with Crippen LogP contribution in [-0.2, 0) is 0 Å². The molecule has 1 rings (SSSR count). The van der Waals surface area contributed by atoms with E-state index < -0.39 is 0 Å². The molecule has 0 spiro atoms. The molecule has 2 N–H and O–H groups in total. The summed E-state index contributed by atoms with van der Waals surface area (Å²) in [6, 6.07) is 0. The zero-order valence-corrected chi connectivity index (χ0v) is 8.61. The Morgan fingerprint density at radius 1 is 1.29 bits per heavy atom. The van der Waals surface area contributed by atoms with Gasteiger partial charge in [0.1, 0.15) is 5.82 Å². The molecule has 3 heteroatoms. The van der Waals surface area contributed by atoms with Crippen molar-refractivity contribution >= 4 is 11.9 Å². The molecular weight excluding hydrogens is 174 g/mol. The molecule has 0 unspecified atom stereocenters. The smallest absolute Gasteiger partial charge is 0.141 e. The number of nitrogens with zero attached hydrogens (tertiary/aromatic N) is 2. The first-order valence-electron chi connectivity index (χ1n) is 5.07. The predicted octanol–water partition coefficient (Wildman–Crippen LogP) is 2.65. The van der Waals surface area contributed by atoms with E-state index in [1.165, 1.54) is 19.3 Å². The highest BCUT2D eigenvalue weighted by molar-refractivity contribution is 5.43. The summed E-state index contributed by atoms with van der Waals surface area (Å²) in [7, 11) is 0. The SMILES string of the molecule is CCCCC/C=C/c1cnc(N)cn1. The van der Waals surface area contributed by atoms with Crippen molar-refractivity contribution in [3.8, 4) is 0 Å². The normalized spacial score (nSPS) is 10.9. The van der Waals surface area contributed by atoms with E-state index in [4.69, 9.17) is 5.73 Å². The third-order valence-electron chi connectivity index (χ3n) is 1.95. The first kappa shape index (κ1) is 10.7. The zero-order valence-electron chi connectivity index (χ0n) is 8.61. The number of nitrogen functional groups attached to an aromatic ring is 1. The summed E-state index contributed by atoms with van der Waals surface area (Å²) in [5.41, 5.74) is 6.29. The first-order chi connectivity index (χ1) is 6.83. The van der Waals surface area contributed by atoms with Gasteiger partial charge >= 0.3 is 0 Å². The van der Waals surface area contributed by atoms with Crippen LogP contribution in [0.5, 0.6) is 0 Å². The average Bonchev–Trinajstić information content (AvgIpc) is 2.21. The fourth-order valence-electron chi connectivity index (χ4n) is 1.15. The molecule has 1 aromatic rings. The predicted molar refractivity (Wildman–Crippen MR) is 59.6 cm³/mol. The van der Waals surface area contributed by atoms with Crippen molar-refractivity contribution in [3.05, 3.63) is 24.2 Å². The minimum absolute atomic E-state index is 0.466. The number of allylic oxidation sites excluding steroid dienone is 1. The quantitative estimate of drug-likeness (QED) is 0.728. The van der Waals surface area contributed by atoms with Gasteiger partial charge in [0.05, 0.1) is 18.1 Å². The molecule has 0 bridgehead atoms. The van der Waals surface area contributed by atoms with E-state index in [2.05, 4.69) is 23.0 Å². The minimum Gasteiger partial charge on any atom is -0.382 e. The van der Waals surface area contributed by atoms with Crippen LogP contribution < -0.4 is 5.73 Å². The van der Waals surface area contributed by atoms with Gasteiger partial charge in [-0.3, -0.25) is 4.98 Å². The second-order valence-electron chi connectivity index (χ2n) is 3.26. The maximum Gasteiger partial charge on any atom is 0.141 e. The molecule has 0 saturated heterocycles. The fourth-order valence-corrected chi connectivity index (χ4v) is 1.15. The number of unbranched alkanes of at least 4 members (excludes halogenated alkanes) is 3. The van der Waals surface area contributed by atoms with Gasteiger partial charge in [-0.1, -0.05) is 25.8 Å². The van der Waals surface area contributed by atoms with Crippen molar-refractivity contribution < 1.29 is 0 Å². The Balaban J connectivity index is 2.33. The Hall–Kier alpha value is -1.38. The van der Waals surface area contributed by atoms with E-state index in [0.29, 0.717) is 5.82 Å². The van der Waals surface area contributed by atoms with E-state index >= 15 is 0 Å². The molecule has 0 amide bonds. The number of hydrogen-bond donors (Lipinski definition) is 1. The van der Waals surface area contributed by atoms with Crippen molar-refractivity contribution in [1.82, 2.24) is 9.97 Å². The molecule has 0 radical (unpaired) electrons. The summed E-state index contributed by atoms with van der Waals surface area (Å²) in [5.74, 6) is 0.466. The first-order valence-corrected chi connectivity index (χ1v) is 5.07. The Bertz CT molecular complexity index is 277. The Morgan fingerprint density at radius 2 is 2.14 bits per heavy atom. The lowest BCUT2D eigenvalue weighted by molar-refractivity contribution is 0.730. The van der Waals surface area contributed by atoms with Gasteiger partial charge in [0.15, 0.2) is 0 Å². The van der Waals surface area contributed by atoms with Crippen LogP contribution in [0.4, 0.5) is 5.82 Å². The second kappa shape index (κ2) is 6.13. The van der Waals surface area contributed by atoms with Gasteiger partial charge in [-0.25, -0.2) is 4.98 Å². The second-order valence-corrected chi connectivity index (χ2v) is 3.26. The molecule has 1 aromatic heterocycles. The van der Waals surface area contributed by atoms with Crippen molar-refractivity contribution in [2.45, 2.75) is 32.6 Å². The third kappa shape index (κ3) is 4.03. The third-order valence-corrected chi connectivity index (χ3v) is 1.95. The lowest BCUT2D eigenvalue weighted by Crippen LogP contribution is -1.91.